The fourth-order valence-electron chi connectivity index (χ4n) is 8.44. The van der Waals surface area contributed by atoms with Crippen LogP contribution in [0.3, 0.4) is 0 Å². The molecule has 0 spiro atoms. The predicted octanol–water partition coefficient (Wildman–Crippen LogP) is 3.30. The fourth-order valence-corrected chi connectivity index (χ4v) is 8.44. The van der Waals surface area contributed by atoms with Crippen molar-refractivity contribution < 1.29 is 0 Å². The normalized spacial score (nSPS) is 64.1. The van der Waals surface area contributed by atoms with Crippen molar-refractivity contribution in [1.82, 2.24) is 5.32 Å². The van der Waals surface area contributed by atoms with Gasteiger partial charge in [0.05, 0.1) is 0 Å². The number of hydrogen-bond acceptors (Lipinski definition) is 1. The van der Waals surface area contributed by atoms with E-state index in [1.807, 2.05) is 0 Å². The van der Waals surface area contributed by atoms with Crippen molar-refractivity contribution in [3.8, 4) is 0 Å². The Bertz CT molecular complexity index is 406. The summed E-state index contributed by atoms with van der Waals surface area (Å²) >= 11 is 0. The molecule has 6 fully saturated rings. The Labute approximate surface area is 116 Å². The highest BCUT2D eigenvalue weighted by Gasteiger charge is 2.80. The van der Waals surface area contributed by atoms with E-state index in [0.717, 1.165) is 23.8 Å². The van der Waals surface area contributed by atoms with Gasteiger partial charge in [-0.2, -0.15) is 0 Å². The standard InChI is InChI=1S/C18H27N/c1-2-4-9(5-3-1)8-19-18-15-11-7-12-14-10(11)6-13(15)16(14)17(12)18/h9-19H,1-8H2/t10?,11?,12?,13?,14?,15?,16?,17?,18-/m0/s1. The maximum atomic E-state index is 4.13. The largest absolute Gasteiger partial charge is 0.313 e. The minimum Gasteiger partial charge on any atom is -0.313 e. The van der Waals surface area contributed by atoms with Gasteiger partial charge in [-0.3, -0.25) is 0 Å². The van der Waals surface area contributed by atoms with Crippen LogP contribution in [0, 0.1) is 53.3 Å². The summed E-state index contributed by atoms with van der Waals surface area (Å²) in [5.74, 6) is 10.5. The second-order valence-electron chi connectivity index (χ2n) is 8.87. The zero-order valence-corrected chi connectivity index (χ0v) is 11.9. The second-order valence-corrected chi connectivity index (χ2v) is 8.87. The molecule has 6 aliphatic rings. The third-order valence-electron chi connectivity index (χ3n) is 8.69. The van der Waals surface area contributed by atoms with Crippen LogP contribution >= 0.6 is 0 Å². The lowest BCUT2D eigenvalue weighted by Gasteiger charge is -2.48. The van der Waals surface area contributed by atoms with Crippen LogP contribution in [0.5, 0.6) is 0 Å². The molecule has 9 atom stereocenters. The molecular weight excluding hydrogens is 230 g/mol. The van der Waals surface area contributed by atoms with Gasteiger partial charge in [0.15, 0.2) is 0 Å². The predicted molar refractivity (Wildman–Crippen MR) is 75.5 cm³/mol. The van der Waals surface area contributed by atoms with E-state index in [9.17, 15) is 0 Å². The van der Waals surface area contributed by atoms with Crippen molar-refractivity contribution in [2.24, 2.45) is 53.3 Å². The summed E-state index contributed by atoms with van der Waals surface area (Å²) < 4.78 is 0. The van der Waals surface area contributed by atoms with Gasteiger partial charge in [-0.25, -0.2) is 0 Å². The minimum absolute atomic E-state index is 0.976. The third kappa shape index (κ3) is 1.08. The molecule has 6 saturated carbocycles. The van der Waals surface area contributed by atoms with E-state index in [1.165, 1.54) is 74.2 Å². The van der Waals surface area contributed by atoms with Crippen LogP contribution in [-0.4, -0.2) is 12.6 Å². The summed E-state index contributed by atoms with van der Waals surface area (Å²) in [6.07, 6.45) is 10.8. The average molecular weight is 257 g/mol. The molecule has 1 nitrogen and oxygen atoms in total. The Morgan fingerprint density at radius 2 is 1.42 bits per heavy atom. The van der Waals surface area contributed by atoms with Crippen LogP contribution in [0.25, 0.3) is 0 Å². The van der Waals surface area contributed by atoms with Gasteiger partial charge in [-0.05, 0) is 85.5 Å². The molecule has 2 bridgehead atoms. The molecule has 8 unspecified atom stereocenters. The zero-order chi connectivity index (χ0) is 12.1. The number of nitrogens with one attached hydrogen (secondary N) is 1. The van der Waals surface area contributed by atoms with Gasteiger partial charge in [0.2, 0.25) is 0 Å². The Balaban J connectivity index is 1.21. The summed E-state index contributed by atoms with van der Waals surface area (Å²) in [6.45, 7) is 1.37. The molecular formula is C18H27N. The maximum Gasteiger partial charge on any atom is 0.0135 e. The smallest absolute Gasteiger partial charge is 0.0135 e. The van der Waals surface area contributed by atoms with Gasteiger partial charge in [-0.15, -0.1) is 0 Å². The molecule has 0 saturated heterocycles. The first-order valence-corrected chi connectivity index (χ1v) is 9.17. The monoisotopic (exact) mass is 257 g/mol. The van der Waals surface area contributed by atoms with E-state index in [4.69, 9.17) is 0 Å². The molecule has 0 aromatic carbocycles. The van der Waals surface area contributed by atoms with Crippen LogP contribution in [0.1, 0.15) is 44.9 Å². The summed E-state index contributed by atoms with van der Waals surface area (Å²) in [4.78, 5) is 0. The number of rotatable bonds is 3. The zero-order valence-electron chi connectivity index (χ0n) is 11.9. The lowest BCUT2D eigenvalue weighted by Crippen LogP contribution is -2.52. The van der Waals surface area contributed by atoms with E-state index < -0.39 is 0 Å². The van der Waals surface area contributed by atoms with Gasteiger partial charge >= 0.3 is 0 Å². The highest BCUT2D eigenvalue weighted by atomic mass is 15.0. The van der Waals surface area contributed by atoms with E-state index in [-0.39, 0.29) is 0 Å². The summed E-state index contributed by atoms with van der Waals surface area (Å²) in [5.41, 5.74) is 0. The first kappa shape index (κ1) is 10.7. The van der Waals surface area contributed by atoms with Crippen molar-refractivity contribution in [2.75, 3.05) is 6.54 Å². The van der Waals surface area contributed by atoms with E-state index >= 15 is 0 Å². The van der Waals surface area contributed by atoms with Gasteiger partial charge in [-0.1, -0.05) is 19.3 Å². The molecule has 6 rings (SSSR count). The van der Waals surface area contributed by atoms with Crippen LogP contribution in [0.2, 0.25) is 0 Å². The van der Waals surface area contributed by atoms with E-state index in [0.29, 0.717) is 0 Å². The van der Waals surface area contributed by atoms with Crippen molar-refractivity contribution in [2.45, 2.75) is 51.0 Å². The molecule has 0 amide bonds. The highest BCUT2D eigenvalue weighted by Crippen LogP contribution is 2.82. The first-order chi connectivity index (χ1) is 9.43. The molecule has 1 N–H and O–H groups in total. The second kappa shape index (κ2) is 3.40. The number of fused-ring (bicyclic) bond motifs is 2. The Hall–Kier alpha value is -0.0400. The molecule has 6 aliphatic carbocycles. The molecule has 104 valence electrons. The lowest BCUT2D eigenvalue weighted by molar-refractivity contribution is 0.00876. The van der Waals surface area contributed by atoms with Crippen molar-refractivity contribution in [1.29, 1.82) is 0 Å². The van der Waals surface area contributed by atoms with Gasteiger partial charge in [0.1, 0.15) is 0 Å². The van der Waals surface area contributed by atoms with Crippen LogP contribution in [0.4, 0.5) is 0 Å². The molecule has 0 aromatic heterocycles. The summed E-state index contributed by atoms with van der Waals surface area (Å²) in [6, 6.07) is 0.976. The number of hydrogen-bond donors (Lipinski definition) is 1. The summed E-state index contributed by atoms with van der Waals surface area (Å²) in [5, 5.41) is 4.13. The minimum atomic E-state index is 0.976. The molecule has 0 radical (unpaired) electrons. The van der Waals surface area contributed by atoms with Crippen LogP contribution in [-0.2, 0) is 0 Å². The Kier molecular flexibility index (Phi) is 1.91. The van der Waals surface area contributed by atoms with Gasteiger partial charge < -0.3 is 5.32 Å². The topological polar surface area (TPSA) is 12.0 Å². The fraction of sp³-hybridized carbons (Fsp3) is 1.00. The molecule has 0 aromatic rings. The van der Waals surface area contributed by atoms with Crippen molar-refractivity contribution >= 4 is 0 Å². The molecule has 1 heteroatoms. The maximum absolute atomic E-state index is 4.13. The van der Waals surface area contributed by atoms with E-state index in [2.05, 4.69) is 5.32 Å². The Morgan fingerprint density at radius 1 is 0.684 bits per heavy atom. The molecule has 0 aliphatic heterocycles. The molecule has 19 heavy (non-hydrogen) atoms. The first-order valence-electron chi connectivity index (χ1n) is 9.17. The molecule has 0 heterocycles. The third-order valence-corrected chi connectivity index (χ3v) is 8.69. The highest BCUT2D eigenvalue weighted by molar-refractivity contribution is 5.29. The van der Waals surface area contributed by atoms with Crippen molar-refractivity contribution in [3.05, 3.63) is 0 Å². The van der Waals surface area contributed by atoms with Crippen molar-refractivity contribution in [3.63, 3.8) is 0 Å². The van der Waals surface area contributed by atoms with Gasteiger partial charge in [0.25, 0.3) is 0 Å². The van der Waals surface area contributed by atoms with E-state index in [1.54, 1.807) is 12.8 Å². The average Bonchev–Trinajstić information content (AvgIpc) is 2.96. The SMILES string of the molecule is C1CCC(CN[C@H]2C3C4CC5C6C4CC3C6C52)CC1. The van der Waals surface area contributed by atoms with Crippen LogP contribution < -0.4 is 5.32 Å². The van der Waals surface area contributed by atoms with Gasteiger partial charge in [0, 0.05) is 6.04 Å². The van der Waals surface area contributed by atoms with Crippen LogP contribution in [0.15, 0.2) is 0 Å². The Morgan fingerprint density at radius 3 is 2.26 bits per heavy atom. The summed E-state index contributed by atoms with van der Waals surface area (Å²) in [7, 11) is 0. The lowest BCUT2D eigenvalue weighted by atomic mass is 9.59. The quantitative estimate of drug-likeness (QED) is 0.818.